The van der Waals surface area contributed by atoms with Crippen molar-refractivity contribution in [3.05, 3.63) is 70.5 Å². The average molecular weight is 422 g/mol. The van der Waals surface area contributed by atoms with Gasteiger partial charge in [-0.05, 0) is 43.9 Å². The first-order chi connectivity index (χ1) is 14.5. The van der Waals surface area contributed by atoms with Crippen LogP contribution in [0.25, 0.3) is 10.9 Å². The van der Waals surface area contributed by atoms with E-state index in [9.17, 15) is 14.4 Å². The molecule has 1 saturated carbocycles. The maximum atomic E-state index is 12.9. The minimum absolute atomic E-state index is 0.0586. The molecule has 7 heteroatoms. The number of amides is 1. The zero-order chi connectivity index (χ0) is 21.1. The number of fused-ring (bicyclic) bond motifs is 1. The van der Waals surface area contributed by atoms with E-state index in [0.29, 0.717) is 22.5 Å². The molecule has 1 aliphatic rings. The van der Waals surface area contributed by atoms with Crippen LogP contribution in [0, 0.1) is 0 Å². The molecule has 1 aliphatic carbocycles. The third kappa shape index (κ3) is 4.62. The average Bonchev–Trinajstić information content (AvgIpc) is 3.57. The van der Waals surface area contributed by atoms with Crippen LogP contribution in [0.1, 0.15) is 31.4 Å². The van der Waals surface area contributed by atoms with Gasteiger partial charge in [-0.2, -0.15) is 0 Å². The molecule has 1 heterocycles. The number of Topliss-reactive ketones (excluding diaryl/α,β-unsaturated/α-hetero) is 1. The Labute approximate surface area is 178 Å². The largest absolute Gasteiger partial charge is 0.345 e. The smallest absolute Gasteiger partial charge is 0.262 e. The molecule has 0 radical (unpaired) electrons. The van der Waals surface area contributed by atoms with Gasteiger partial charge in [0.15, 0.2) is 10.9 Å². The number of nitrogens with zero attached hydrogens (tertiary/aromatic N) is 2. The van der Waals surface area contributed by atoms with Crippen LogP contribution in [0.5, 0.6) is 0 Å². The number of para-hydroxylation sites is 1. The zero-order valence-corrected chi connectivity index (χ0v) is 17.5. The van der Waals surface area contributed by atoms with Gasteiger partial charge in [0.2, 0.25) is 5.91 Å². The standard InChI is InChI=1S/C23H23N3O3S/c1-15(27)20(13-16-7-3-2-4-8-16)24-21(28)14-30-23-25-19-10-6-5-9-18(19)22(29)26(23)17-11-12-17/h2-10,17,20H,11-14H2,1H3,(H,24,28). The highest BCUT2D eigenvalue weighted by atomic mass is 32.2. The van der Waals surface area contributed by atoms with Crippen molar-refractivity contribution in [3.63, 3.8) is 0 Å². The Morgan fingerprint density at radius 2 is 1.83 bits per heavy atom. The predicted molar refractivity (Wildman–Crippen MR) is 118 cm³/mol. The predicted octanol–water partition coefficient (Wildman–Crippen LogP) is 3.14. The van der Waals surface area contributed by atoms with E-state index in [1.807, 2.05) is 48.5 Å². The van der Waals surface area contributed by atoms with Crippen LogP contribution < -0.4 is 10.9 Å². The summed E-state index contributed by atoms with van der Waals surface area (Å²) in [4.78, 5) is 42.1. The molecule has 4 rings (SSSR count). The SMILES string of the molecule is CC(=O)C(Cc1ccccc1)NC(=O)CSc1nc2ccccc2c(=O)n1C1CC1. The highest BCUT2D eigenvalue weighted by molar-refractivity contribution is 7.99. The lowest BCUT2D eigenvalue weighted by atomic mass is 10.0. The molecule has 1 fully saturated rings. The lowest BCUT2D eigenvalue weighted by Gasteiger charge is -2.16. The van der Waals surface area contributed by atoms with Gasteiger partial charge >= 0.3 is 0 Å². The fraction of sp³-hybridized carbons (Fsp3) is 0.304. The lowest BCUT2D eigenvalue weighted by Crippen LogP contribution is -2.42. The van der Waals surface area contributed by atoms with Gasteiger partial charge in [-0.3, -0.25) is 19.0 Å². The van der Waals surface area contributed by atoms with Crippen molar-refractivity contribution in [2.45, 2.75) is 43.4 Å². The molecule has 0 bridgehead atoms. The number of hydrogen-bond donors (Lipinski definition) is 1. The summed E-state index contributed by atoms with van der Waals surface area (Å²) in [5.41, 5.74) is 1.56. The first-order valence-electron chi connectivity index (χ1n) is 10.0. The summed E-state index contributed by atoms with van der Waals surface area (Å²) in [6.45, 7) is 1.48. The van der Waals surface area contributed by atoms with Crippen molar-refractivity contribution in [3.8, 4) is 0 Å². The first kappa shape index (κ1) is 20.3. The molecule has 2 aromatic carbocycles. The van der Waals surface area contributed by atoms with Gasteiger partial charge in [-0.25, -0.2) is 4.98 Å². The minimum Gasteiger partial charge on any atom is -0.345 e. The molecule has 1 unspecified atom stereocenters. The number of aromatic nitrogens is 2. The Morgan fingerprint density at radius 1 is 1.13 bits per heavy atom. The number of carbonyl (C=O) groups is 2. The van der Waals surface area contributed by atoms with Gasteiger partial charge in [-0.15, -0.1) is 0 Å². The highest BCUT2D eigenvalue weighted by Gasteiger charge is 2.29. The fourth-order valence-electron chi connectivity index (χ4n) is 3.39. The number of benzene rings is 2. The van der Waals surface area contributed by atoms with Crippen molar-refractivity contribution in [2.24, 2.45) is 0 Å². The molecule has 0 aliphatic heterocycles. The van der Waals surface area contributed by atoms with E-state index in [0.717, 1.165) is 18.4 Å². The van der Waals surface area contributed by atoms with Crippen molar-refractivity contribution in [2.75, 3.05) is 5.75 Å². The number of thioether (sulfide) groups is 1. The van der Waals surface area contributed by atoms with Crippen LogP contribution in [0.4, 0.5) is 0 Å². The van der Waals surface area contributed by atoms with E-state index >= 15 is 0 Å². The van der Waals surface area contributed by atoms with Crippen LogP contribution in [-0.2, 0) is 16.0 Å². The van der Waals surface area contributed by atoms with E-state index in [1.165, 1.54) is 18.7 Å². The van der Waals surface area contributed by atoms with Gasteiger partial charge in [0.05, 0.1) is 22.7 Å². The number of rotatable bonds is 8. The van der Waals surface area contributed by atoms with E-state index in [-0.39, 0.29) is 29.0 Å². The van der Waals surface area contributed by atoms with Crippen LogP contribution in [0.15, 0.2) is 64.5 Å². The quantitative estimate of drug-likeness (QED) is 0.446. The number of hydrogen-bond acceptors (Lipinski definition) is 5. The van der Waals surface area contributed by atoms with Crippen molar-refractivity contribution in [1.82, 2.24) is 14.9 Å². The molecule has 0 spiro atoms. The maximum absolute atomic E-state index is 12.9. The molecule has 1 aromatic heterocycles. The fourth-order valence-corrected chi connectivity index (χ4v) is 4.27. The van der Waals surface area contributed by atoms with E-state index < -0.39 is 6.04 Å². The second kappa shape index (κ2) is 8.83. The van der Waals surface area contributed by atoms with Crippen LogP contribution >= 0.6 is 11.8 Å². The monoisotopic (exact) mass is 421 g/mol. The number of nitrogens with one attached hydrogen (secondary N) is 1. The molecule has 3 aromatic rings. The Hall–Kier alpha value is -2.93. The van der Waals surface area contributed by atoms with E-state index in [1.54, 1.807) is 10.6 Å². The summed E-state index contributed by atoms with van der Waals surface area (Å²) in [6.07, 6.45) is 2.35. The van der Waals surface area contributed by atoms with Gasteiger partial charge in [0, 0.05) is 6.04 Å². The zero-order valence-electron chi connectivity index (χ0n) is 16.7. The van der Waals surface area contributed by atoms with Crippen LogP contribution in [0.2, 0.25) is 0 Å². The lowest BCUT2D eigenvalue weighted by molar-refractivity contribution is -0.125. The Morgan fingerprint density at radius 3 is 2.53 bits per heavy atom. The summed E-state index contributed by atoms with van der Waals surface area (Å²) in [7, 11) is 0. The Bertz CT molecular complexity index is 1140. The van der Waals surface area contributed by atoms with Crippen molar-refractivity contribution >= 4 is 34.4 Å². The topological polar surface area (TPSA) is 81.1 Å². The summed E-state index contributed by atoms with van der Waals surface area (Å²) < 4.78 is 1.71. The second-order valence-corrected chi connectivity index (χ2v) is 8.47. The normalized spacial score (nSPS) is 14.4. The molecule has 1 amide bonds. The summed E-state index contributed by atoms with van der Waals surface area (Å²) in [6, 6.07) is 16.5. The summed E-state index contributed by atoms with van der Waals surface area (Å²) in [5.74, 6) is -0.243. The molecular formula is C23H23N3O3S. The maximum Gasteiger partial charge on any atom is 0.262 e. The molecule has 154 valence electrons. The van der Waals surface area contributed by atoms with Gasteiger partial charge in [0.1, 0.15) is 0 Å². The molecular weight excluding hydrogens is 398 g/mol. The highest BCUT2D eigenvalue weighted by Crippen LogP contribution is 2.36. The van der Waals surface area contributed by atoms with Crippen LogP contribution in [-0.4, -0.2) is 33.0 Å². The van der Waals surface area contributed by atoms with Crippen LogP contribution in [0.3, 0.4) is 0 Å². The van der Waals surface area contributed by atoms with Crippen molar-refractivity contribution < 1.29 is 9.59 Å². The number of ketones is 1. The summed E-state index contributed by atoms with van der Waals surface area (Å²) >= 11 is 1.24. The van der Waals surface area contributed by atoms with E-state index in [4.69, 9.17) is 0 Å². The molecule has 6 nitrogen and oxygen atoms in total. The Kier molecular flexibility index (Phi) is 5.99. The molecule has 0 saturated heterocycles. The van der Waals surface area contributed by atoms with Crippen molar-refractivity contribution in [1.29, 1.82) is 0 Å². The summed E-state index contributed by atoms with van der Waals surface area (Å²) in [5, 5.41) is 3.98. The third-order valence-corrected chi connectivity index (χ3v) is 6.08. The number of carbonyl (C=O) groups excluding carboxylic acids is 2. The van der Waals surface area contributed by atoms with Gasteiger partial charge in [-0.1, -0.05) is 54.2 Å². The Balaban J connectivity index is 1.48. The molecule has 1 atom stereocenters. The second-order valence-electron chi connectivity index (χ2n) is 7.53. The third-order valence-electron chi connectivity index (χ3n) is 5.13. The molecule has 1 N–H and O–H groups in total. The van der Waals surface area contributed by atoms with Gasteiger partial charge < -0.3 is 5.32 Å². The first-order valence-corrected chi connectivity index (χ1v) is 11.0. The van der Waals surface area contributed by atoms with E-state index in [2.05, 4.69) is 10.3 Å². The minimum atomic E-state index is -0.573. The molecule has 30 heavy (non-hydrogen) atoms. The van der Waals surface area contributed by atoms with Gasteiger partial charge in [0.25, 0.3) is 5.56 Å².